The molecule has 1 aromatic carbocycles. The number of rotatable bonds is 8. The highest BCUT2D eigenvalue weighted by Gasteiger charge is 2.33. The molecular formula is C17H21N3O7. The van der Waals surface area contributed by atoms with Crippen molar-refractivity contribution < 1.29 is 28.7 Å². The van der Waals surface area contributed by atoms with Crippen molar-refractivity contribution in [2.45, 2.75) is 20.3 Å². The van der Waals surface area contributed by atoms with Crippen LogP contribution < -0.4 is 14.2 Å². The van der Waals surface area contributed by atoms with Crippen LogP contribution in [0.5, 0.6) is 17.2 Å². The number of ether oxygens (including phenoxy) is 4. The fourth-order valence-corrected chi connectivity index (χ4v) is 2.74. The first-order valence-electron chi connectivity index (χ1n) is 8.00. The summed E-state index contributed by atoms with van der Waals surface area (Å²) in [6, 6.07) is 1.20. The minimum Gasteiger partial charge on any atom is -0.493 e. The number of nitrogens with zero attached hydrogens (tertiary/aromatic N) is 2. The zero-order chi connectivity index (χ0) is 20.1. The lowest BCUT2D eigenvalue weighted by Gasteiger charge is -2.14. The fraction of sp³-hybridized carbons (Fsp3) is 0.412. The van der Waals surface area contributed by atoms with Gasteiger partial charge in [-0.1, -0.05) is 0 Å². The molecule has 27 heavy (non-hydrogen) atoms. The SMILES string of the molecule is COc1cc(C(=O)OCCc2c(C)n[nH]c2C)c([N+](=O)[O-])c(OC)c1OC. The first-order valence-corrected chi connectivity index (χ1v) is 8.00. The molecule has 0 saturated carbocycles. The van der Waals surface area contributed by atoms with E-state index in [0.717, 1.165) is 17.0 Å². The minimum atomic E-state index is -0.861. The van der Waals surface area contributed by atoms with Gasteiger partial charge in [0.05, 0.1) is 38.6 Å². The van der Waals surface area contributed by atoms with Crippen molar-refractivity contribution in [2.75, 3.05) is 27.9 Å². The van der Waals surface area contributed by atoms with Crippen molar-refractivity contribution >= 4 is 11.7 Å². The number of carbonyl (C=O) groups is 1. The summed E-state index contributed by atoms with van der Waals surface area (Å²) in [5, 5.41) is 18.5. The van der Waals surface area contributed by atoms with Crippen molar-refractivity contribution in [1.29, 1.82) is 0 Å². The molecule has 0 atom stereocenters. The zero-order valence-corrected chi connectivity index (χ0v) is 15.7. The highest BCUT2D eigenvalue weighted by Crippen LogP contribution is 2.46. The molecule has 0 aliphatic rings. The molecule has 0 saturated heterocycles. The quantitative estimate of drug-likeness (QED) is 0.421. The second-order valence-corrected chi connectivity index (χ2v) is 5.60. The van der Waals surface area contributed by atoms with Gasteiger partial charge in [-0.25, -0.2) is 4.79 Å². The van der Waals surface area contributed by atoms with Crippen molar-refractivity contribution in [3.8, 4) is 17.2 Å². The third-order valence-electron chi connectivity index (χ3n) is 4.07. The summed E-state index contributed by atoms with van der Waals surface area (Å²) < 4.78 is 20.6. The van der Waals surface area contributed by atoms with E-state index in [4.69, 9.17) is 18.9 Å². The average molecular weight is 379 g/mol. The summed E-state index contributed by atoms with van der Waals surface area (Å²) in [5.41, 5.74) is 1.79. The van der Waals surface area contributed by atoms with Crippen LogP contribution in [-0.2, 0) is 11.2 Å². The molecule has 0 bridgehead atoms. The Balaban J connectivity index is 2.32. The van der Waals surface area contributed by atoms with E-state index in [1.54, 1.807) is 0 Å². The van der Waals surface area contributed by atoms with Gasteiger partial charge < -0.3 is 18.9 Å². The van der Waals surface area contributed by atoms with Crippen molar-refractivity contribution in [1.82, 2.24) is 10.2 Å². The number of nitro benzene ring substituents is 1. The van der Waals surface area contributed by atoms with Gasteiger partial charge in [0, 0.05) is 18.2 Å². The van der Waals surface area contributed by atoms with Gasteiger partial charge in [0.25, 0.3) is 0 Å². The Morgan fingerprint density at radius 3 is 2.33 bits per heavy atom. The number of hydrogen-bond acceptors (Lipinski definition) is 8. The van der Waals surface area contributed by atoms with E-state index in [2.05, 4.69) is 10.2 Å². The molecule has 1 aromatic heterocycles. The van der Waals surface area contributed by atoms with Crippen LogP contribution in [0.4, 0.5) is 5.69 Å². The smallest absolute Gasteiger partial charge is 0.345 e. The Hall–Kier alpha value is -3.30. The van der Waals surface area contributed by atoms with Gasteiger partial charge in [-0.15, -0.1) is 0 Å². The van der Waals surface area contributed by atoms with Crippen LogP contribution in [0, 0.1) is 24.0 Å². The predicted octanol–water partition coefficient (Wildman–Crippen LogP) is 2.36. The van der Waals surface area contributed by atoms with Gasteiger partial charge in [-0.3, -0.25) is 15.2 Å². The largest absolute Gasteiger partial charge is 0.493 e. The molecule has 0 amide bonds. The van der Waals surface area contributed by atoms with E-state index in [9.17, 15) is 14.9 Å². The molecule has 1 heterocycles. The number of esters is 1. The lowest BCUT2D eigenvalue weighted by molar-refractivity contribution is -0.386. The average Bonchev–Trinajstić information content (AvgIpc) is 2.97. The molecule has 0 spiro atoms. The summed E-state index contributed by atoms with van der Waals surface area (Å²) in [7, 11) is 3.91. The van der Waals surface area contributed by atoms with E-state index >= 15 is 0 Å². The molecule has 0 fully saturated rings. The lowest BCUT2D eigenvalue weighted by atomic mass is 10.1. The molecule has 2 rings (SSSR count). The molecule has 10 nitrogen and oxygen atoms in total. The Bertz CT molecular complexity index is 841. The molecule has 10 heteroatoms. The van der Waals surface area contributed by atoms with E-state index in [1.807, 2.05) is 13.8 Å². The molecule has 0 aliphatic carbocycles. The Morgan fingerprint density at radius 2 is 1.85 bits per heavy atom. The van der Waals surface area contributed by atoms with Crippen LogP contribution in [0.25, 0.3) is 0 Å². The Labute approximate surface area is 155 Å². The van der Waals surface area contributed by atoms with Gasteiger partial charge in [-0.2, -0.15) is 5.10 Å². The van der Waals surface area contributed by atoms with Crippen molar-refractivity contribution in [3.05, 3.63) is 38.7 Å². The number of benzene rings is 1. The van der Waals surface area contributed by atoms with Gasteiger partial charge in [0.15, 0.2) is 5.75 Å². The number of H-pyrrole nitrogens is 1. The maximum Gasteiger partial charge on any atom is 0.345 e. The van der Waals surface area contributed by atoms with E-state index < -0.39 is 16.6 Å². The summed E-state index contributed by atoms with van der Waals surface area (Å²) in [5.74, 6) is -0.934. The molecule has 2 aromatic rings. The number of carbonyl (C=O) groups excluding carboxylic acids is 1. The molecular weight excluding hydrogens is 358 g/mol. The van der Waals surface area contributed by atoms with Crippen LogP contribution in [-0.4, -0.2) is 49.0 Å². The Morgan fingerprint density at radius 1 is 1.19 bits per heavy atom. The molecule has 0 radical (unpaired) electrons. The summed E-state index contributed by atoms with van der Waals surface area (Å²) in [4.78, 5) is 23.3. The molecule has 146 valence electrons. The van der Waals surface area contributed by atoms with Crippen LogP contribution in [0.3, 0.4) is 0 Å². The van der Waals surface area contributed by atoms with Gasteiger partial charge in [0.2, 0.25) is 11.5 Å². The first kappa shape index (κ1) is 20.0. The second kappa shape index (κ2) is 8.39. The number of nitro groups is 1. The van der Waals surface area contributed by atoms with Gasteiger partial charge >= 0.3 is 11.7 Å². The summed E-state index contributed by atoms with van der Waals surface area (Å²) in [6.45, 7) is 3.74. The topological polar surface area (TPSA) is 126 Å². The second-order valence-electron chi connectivity index (χ2n) is 5.60. The first-order chi connectivity index (χ1) is 12.8. The third-order valence-corrected chi connectivity index (χ3v) is 4.07. The van der Waals surface area contributed by atoms with Crippen molar-refractivity contribution in [3.63, 3.8) is 0 Å². The fourth-order valence-electron chi connectivity index (χ4n) is 2.74. The number of aromatic nitrogens is 2. The van der Waals surface area contributed by atoms with E-state index in [-0.39, 0.29) is 29.4 Å². The molecule has 1 N–H and O–H groups in total. The summed E-state index contributed by atoms with van der Waals surface area (Å²) >= 11 is 0. The number of nitrogens with one attached hydrogen (secondary N) is 1. The highest BCUT2D eigenvalue weighted by molar-refractivity contribution is 5.97. The monoisotopic (exact) mass is 379 g/mol. The normalized spacial score (nSPS) is 10.4. The lowest BCUT2D eigenvalue weighted by Crippen LogP contribution is -2.12. The van der Waals surface area contributed by atoms with Crippen LogP contribution in [0.15, 0.2) is 6.07 Å². The number of methoxy groups -OCH3 is 3. The van der Waals surface area contributed by atoms with Crippen LogP contribution >= 0.6 is 0 Å². The van der Waals surface area contributed by atoms with Gasteiger partial charge in [-0.05, 0) is 19.4 Å². The van der Waals surface area contributed by atoms with E-state index in [1.165, 1.54) is 27.4 Å². The van der Waals surface area contributed by atoms with Crippen LogP contribution in [0.1, 0.15) is 27.3 Å². The van der Waals surface area contributed by atoms with Crippen molar-refractivity contribution in [2.24, 2.45) is 0 Å². The zero-order valence-electron chi connectivity index (χ0n) is 15.7. The van der Waals surface area contributed by atoms with Gasteiger partial charge in [0.1, 0.15) is 5.56 Å². The third kappa shape index (κ3) is 3.94. The number of aryl methyl sites for hydroxylation is 2. The summed E-state index contributed by atoms with van der Waals surface area (Å²) in [6.07, 6.45) is 0.429. The maximum absolute atomic E-state index is 12.5. The maximum atomic E-state index is 12.5. The van der Waals surface area contributed by atoms with Crippen LogP contribution in [0.2, 0.25) is 0 Å². The van der Waals surface area contributed by atoms with E-state index in [0.29, 0.717) is 6.42 Å². The number of hydrogen-bond donors (Lipinski definition) is 1. The number of aromatic amines is 1. The Kier molecular flexibility index (Phi) is 6.22. The standard InChI is InChI=1S/C17H21N3O7/c1-9-11(10(2)19-18-9)6-7-27-17(21)12-8-13(24-3)15(25-4)16(26-5)14(12)20(22)23/h8H,6-7H2,1-5H3,(H,18,19). The minimum absolute atomic E-state index is 0.0212. The predicted molar refractivity (Wildman–Crippen MR) is 94.8 cm³/mol. The molecule has 0 unspecified atom stereocenters. The highest BCUT2D eigenvalue weighted by atomic mass is 16.6. The molecule has 0 aliphatic heterocycles.